The van der Waals surface area contributed by atoms with Crippen LogP contribution < -0.4 is 4.74 Å². The number of hydrogen-bond acceptors (Lipinski definition) is 3. The minimum absolute atomic E-state index is 0.413. The Morgan fingerprint density at radius 3 is 2.76 bits per heavy atom. The molecular formula is C13H12ClNO2. The zero-order valence-electron chi connectivity index (χ0n) is 9.30. The Kier molecular flexibility index (Phi) is 3.61. The van der Waals surface area contributed by atoms with Crippen molar-refractivity contribution in [3.05, 3.63) is 53.2 Å². The molecule has 1 aromatic carbocycles. The summed E-state index contributed by atoms with van der Waals surface area (Å²) < 4.78 is 5.55. The number of pyridine rings is 1. The molecular weight excluding hydrogens is 238 g/mol. The Morgan fingerprint density at radius 2 is 2.06 bits per heavy atom. The summed E-state index contributed by atoms with van der Waals surface area (Å²) in [6, 6.07) is 10.6. The molecule has 2 aromatic rings. The molecule has 1 atom stereocenters. The van der Waals surface area contributed by atoms with E-state index in [1.54, 1.807) is 37.4 Å². The fourth-order valence-electron chi connectivity index (χ4n) is 1.38. The van der Waals surface area contributed by atoms with Gasteiger partial charge in [0.05, 0.1) is 11.1 Å². The number of rotatable bonds is 3. The van der Waals surface area contributed by atoms with E-state index in [0.717, 1.165) is 5.56 Å². The minimum atomic E-state index is -0.549. The van der Waals surface area contributed by atoms with Gasteiger partial charge in [-0.25, -0.2) is 4.98 Å². The zero-order chi connectivity index (χ0) is 12.3. The van der Waals surface area contributed by atoms with Crippen molar-refractivity contribution in [1.82, 2.24) is 4.98 Å². The molecule has 1 aromatic heterocycles. The van der Waals surface area contributed by atoms with Crippen LogP contribution >= 0.6 is 11.6 Å². The number of aliphatic hydroxyl groups excluding tert-OH is 1. The highest BCUT2D eigenvalue weighted by atomic mass is 35.5. The Hall–Kier alpha value is -1.58. The van der Waals surface area contributed by atoms with Crippen LogP contribution in [0.5, 0.6) is 11.6 Å². The number of benzene rings is 1. The first-order valence-electron chi connectivity index (χ1n) is 5.23. The molecule has 2 rings (SSSR count). The van der Waals surface area contributed by atoms with Gasteiger partial charge in [0.25, 0.3) is 0 Å². The summed E-state index contributed by atoms with van der Waals surface area (Å²) in [6.07, 6.45) is 1.04. The third kappa shape index (κ3) is 2.96. The maximum atomic E-state index is 9.46. The van der Waals surface area contributed by atoms with E-state index in [-0.39, 0.29) is 0 Å². The average Bonchev–Trinajstić information content (AvgIpc) is 2.32. The predicted molar refractivity (Wildman–Crippen MR) is 66.4 cm³/mol. The van der Waals surface area contributed by atoms with Crippen molar-refractivity contribution in [2.24, 2.45) is 0 Å². The number of hydrogen-bond donors (Lipinski definition) is 1. The standard InChI is InChI=1S/C13H12ClNO2/c1-9(16)10-6-7-15-13(8-10)17-12-5-3-2-4-11(12)14/h2-9,16H,1H3/t9-/m0/s1. The number of aromatic nitrogens is 1. The molecule has 17 heavy (non-hydrogen) atoms. The van der Waals surface area contributed by atoms with E-state index in [1.165, 1.54) is 0 Å². The van der Waals surface area contributed by atoms with Crippen LogP contribution in [-0.4, -0.2) is 10.1 Å². The number of halogens is 1. The monoisotopic (exact) mass is 249 g/mol. The second-order valence-electron chi connectivity index (χ2n) is 3.64. The van der Waals surface area contributed by atoms with Gasteiger partial charge in [-0.3, -0.25) is 0 Å². The third-order valence-electron chi connectivity index (χ3n) is 2.29. The fraction of sp³-hybridized carbons (Fsp3) is 0.154. The highest BCUT2D eigenvalue weighted by molar-refractivity contribution is 6.32. The average molecular weight is 250 g/mol. The molecule has 0 radical (unpaired) electrons. The maximum Gasteiger partial charge on any atom is 0.219 e. The Balaban J connectivity index is 2.25. The summed E-state index contributed by atoms with van der Waals surface area (Å²) in [5.74, 6) is 0.959. The summed E-state index contributed by atoms with van der Waals surface area (Å²) >= 11 is 5.97. The van der Waals surface area contributed by atoms with Gasteiger partial charge in [-0.1, -0.05) is 23.7 Å². The first-order chi connectivity index (χ1) is 8.16. The van der Waals surface area contributed by atoms with E-state index in [0.29, 0.717) is 16.7 Å². The van der Waals surface area contributed by atoms with Gasteiger partial charge in [0.15, 0.2) is 0 Å². The van der Waals surface area contributed by atoms with Gasteiger partial charge in [0, 0.05) is 12.3 Å². The van der Waals surface area contributed by atoms with Crippen LogP contribution in [0.15, 0.2) is 42.6 Å². The van der Waals surface area contributed by atoms with Crippen LogP contribution in [0.1, 0.15) is 18.6 Å². The van der Waals surface area contributed by atoms with Gasteiger partial charge in [0.2, 0.25) is 5.88 Å². The summed E-state index contributed by atoms with van der Waals surface area (Å²) in [6.45, 7) is 1.69. The number of para-hydroxylation sites is 1. The highest BCUT2D eigenvalue weighted by Gasteiger charge is 2.06. The number of nitrogens with zero attached hydrogens (tertiary/aromatic N) is 1. The second kappa shape index (κ2) is 5.17. The lowest BCUT2D eigenvalue weighted by Crippen LogP contribution is -1.94. The summed E-state index contributed by atoms with van der Waals surface area (Å²) in [4.78, 5) is 4.07. The second-order valence-corrected chi connectivity index (χ2v) is 4.04. The minimum Gasteiger partial charge on any atom is -0.437 e. The van der Waals surface area contributed by atoms with Crippen molar-refractivity contribution in [1.29, 1.82) is 0 Å². The van der Waals surface area contributed by atoms with E-state index in [9.17, 15) is 5.11 Å². The van der Waals surface area contributed by atoms with Gasteiger partial charge in [-0.2, -0.15) is 0 Å². The molecule has 0 aliphatic heterocycles. The van der Waals surface area contributed by atoms with Crippen molar-refractivity contribution < 1.29 is 9.84 Å². The van der Waals surface area contributed by atoms with Gasteiger partial charge in [0.1, 0.15) is 5.75 Å². The van der Waals surface area contributed by atoms with E-state index in [4.69, 9.17) is 16.3 Å². The number of aliphatic hydroxyl groups is 1. The van der Waals surface area contributed by atoms with Crippen LogP contribution in [0.25, 0.3) is 0 Å². The molecule has 3 nitrogen and oxygen atoms in total. The van der Waals surface area contributed by atoms with Crippen molar-refractivity contribution >= 4 is 11.6 Å². The van der Waals surface area contributed by atoms with Crippen molar-refractivity contribution in [2.75, 3.05) is 0 Å². The molecule has 0 saturated carbocycles. The molecule has 1 heterocycles. The highest BCUT2D eigenvalue weighted by Crippen LogP contribution is 2.28. The van der Waals surface area contributed by atoms with Crippen molar-refractivity contribution in [3.8, 4) is 11.6 Å². The fourth-order valence-corrected chi connectivity index (χ4v) is 1.55. The van der Waals surface area contributed by atoms with Gasteiger partial charge >= 0.3 is 0 Å². The molecule has 88 valence electrons. The molecule has 0 aliphatic carbocycles. The maximum absolute atomic E-state index is 9.46. The van der Waals surface area contributed by atoms with Crippen LogP contribution in [0.2, 0.25) is 5.02 Å². The topological polar surface area (TPSA) is 42.4 Å². The lowest BCUT2D eigenvalue weighted by atomic mass is 10.2. The Morgan fingerprint density at radius 1 is 1.29 bits per heavy atom. The first-order valence-corrected chi connectivity index (χ1v) is 5.61. The van der Waals surface area contributed by atoms with E-state index < -0.39 is 6.10 Å². The molecule has 1 N–H and O–H groups in total. The molecule has 0 unspecified atom stereocenters. The van der Waals surface area contributed by atoms with Gasteiger partial charge < -0.3 is 9.84 Å². The van der Waals surface area contributed by atoms with Gasteiger partial charge in [-0.05, 0) is 30.7 Å². The number of ether oxygens (including phenoxy) is 1. The van der Waals surface area contributed by atoms with Crippen molar-refractivity contribution in [3.63, 3.8) is 0 Å². The lowest BCUT2D eigenvalue weighted by Gasteiger charge is -2.09. The van der Waals surface area contributed by atoms with Crippen LogP contribution in [0.4, 0.5) is 0 Å². The van der Waals surface area contributed by atoms with Crippen LogP contribution in [0.3, 0.4) is 0 Å². The normalized spacial score (nSPS) is 12.2. The van der Waals surface area contributed by atoms with E-state index in [2.05, 4.69) is 4.98 Å². The molecule has 4 heteroatoms. The summed E-state index contributed by atoms with van der Waals surface area (Å²) in [5.41, 5.74) is 0.752. The Bertz CT molecular complexity index is 514. The van der Waals surface area contributed by atoms with E-state index >= 15 is 0 Å². The SMILES string of the molecule is C[C@H](O)c1ccnc(Oc2ccccc2Cl)c1. The van der Waals surface area contributed by atoms with Crippen molar-refractivity contribution in [2.45, 2.75) is 13.0 Å². The molecule has 0 aliphatic rings. The smallest absolute Gasteiger partial charge is 0.219 e. The zero-order valence-corrected chi connectivity index (χ0v) is 10.1. The molecule has 0 saturated heterocycles. The molecule has 0 bridgehead atoms. The lowest BCUT2D eigenvalue weighted by molar-refractivity contribution is 0.198. The molecule has 0 amide bonds. The molecule has 0 spiro atoms. The summed E-state index contributed by atoms with van der Waals surface area (Å²) in [7, 11) is 0. The largest absolute Gasteiger partial charge is 0.437 e. The van der Waals surface area contributed by atoms with E-state index in [1.807, 2.05) is 12.1 Å². The third-order valence-corrected chi connectivity index (χ3v) is 2.60. The molecule has 0 fully saturated rings. The van der Waals surface area contributed by atoms with Crippen LogP contribution in [-0.2, 0) is 0 Å². The van der Waals surface area contributed by atoms with Crippen LogP contribution in [0, 0.1) is 0 Å². The summed E-state index contributed by atoms with van der Waals surface area (Å²) in [5, 5.41) is 9.98. The van der Waals surface area contributed by atoms with Gasteiger partial charge in [-0.15, -0.1) is 0 Å². The predicted octanol–water partition coefficient (Wildman–Crippen LogP) is 3.58. The first kappa shape index (κ1) is 11.9. The quantitative estimate of drug-likeness (QED) is 0.904. The Labute approximate surface area is 105 Å².